The number of aliphatic hydroxyl groups excluding tert-OH is 1. The Morgan fingerprint density at radius 3 is 2.76 bits per heavy atom. The summed E-state index contributed by atoms with van der Waals surface area (Å²) in [6.07, 6.45) is 3.39. The number of piperidine rings is 1. The van der Waals surface area contributed by atoms with Gasteiger partial charge in [-0.1, -0.05) is 13.0 Å². The lowest BCUT2D eigenvalue weighted by Gasteiger charge is -2.36. The van der Waals surface area contributed by atoms with Crippen LogP contribution in [0.2, 0.25) is 0 Å². The van der Waals surface area contributed by atoms with Crippen molar-refractivity contribution in [1.29, 1.82) is 0 Å². The van der Waals surface area contributed by atoms with Crippen LogP contribution in [0.1, 0.15) is 31.7 Å². The first-order chi connectivity index (χ1) is 10.0. The topological polar surface area (TPSA) is 81.0 Å². The van der Waals surface area contributed by atoms with Crippen LogP contribution in [0.4, 0.5) is 0 Å². The second kappa shape index (κ2) is 6.80. The highest BCUT2D eigenvalue weighted by Gasteiger charge is 2.29. The molecule has 1 aliphatic rings. The first kappa shape index (κ1) is 15.6. The van der Waals surface area contributed by atoms with E-state index in [1.165, 1.54) is 12.1 Å². The van der Waals surface area contributed by atoms with Gasteiger partial charge in [-0.3, -0.25) is 4.79 Å². The van der Waals surface area contributed by atoms with Crippen molar-refractivity contribution in [3.05, 3.63) is 23.8 Å². The molecule has 0 aromatic heterocycles. The second-order valence-corrected chi connectivity index (χ2v) is 5.79. The molecule has 3 N–H and O–H groups in total. The van der Waals surface area contributed by atoms with Crippen LogP contribution in [-0.4, -0.2) is 45.3 Å². The number of benzene rings is 1. The molecule has 1 amide bonds. The van der Waals surface area contributed by atoms with E-state index in [2.05, 4.69) is 0 Å². The molecule has 2 rings (SSSR count). The smallest absolute Gasteiger partial charge is 0.226 e. The number of likely N-dealkylation sites (tertiary alicyclic amines) is 1. The Kier molecular flexibility index (Phi) is 5.07. The molecule has 116 valence electrons. The fourth-order valence-corrected chi connectivity index (χ4v) is 2.90. The van der Waals surface area contributed by atoms with Crippen molar-refractivity contribution in [1.82, 2.24) is 4.90 Å². The highest BCUT2D eigenvalue weighted by atomic mass is 16.3. The molecule has 5 nitrogen and oxygen atoms in total. The van der Waals surface area contributed by atoms with E-state index in [1.54, 1.807) is 11.0 Å². The normalized spacial score (nSPS) is 20.3. The molecule has 0 bridgehead atoms. The molecule has 2 unspecified atom stereocenters. The molecule has 2 atom stereocenters. The minimum Gasteiger partial charge on any atom is -0.504 e. The summed E-state index contributed by atoms with van der Waals surface area (Å²) in [6, 6.07) is 4.55. The first-order valence-electron chi connectivity index (χ1n) is 7.45. The number of phenols is 2. The zero-order chi connectivity index (χ0) is 15.4. The van der Waals surface area contributed by atoms with Crippen LogP contribution < -0.4 is 0 Å². The Morgan fingerprint density at radius 2 is 2.10 bits per heavy atom. The van der Waals surface area contributed by atoms with Gasteiger partial charge in [0.15, 0.2) is 11.5 Å². The number of hydrogen-bond donors (Lipinski definition) is 3. The second-order valence-electron chi connectivity index (χ2n) is 5.79. The molecule has 1 aromatic carbocycles. The molecule has 1 aliphatic heterocycles. The summed E-state index contributed by atoms with van der Waals surface area (Å²) in [5.74, 6) is -0.505. The van der Waals surface area contributed by atoms with E-state index >= 15 is 0 Å². The molecule has 0 spiro atoms. The highest BCUT2D eigenvalue weighted by molar-refractivity contribution is 5.79. The van der Waals surface area contributed by atoms with Crippen LogP contribution in [0.15, 0.2) is 18.2 Å². The Morgan fingerprint density at radius 1 is 1.33 bits per heavy atom. The molecule has 1 aromatic rings. The van der Waals surface area contributed by atoms with E-state index in [4.69, 9.17) is 0 Å². The Hall–Kier alpha value is -1.75. The van der Waals surface area contributed by atoms with Gasteiger partial charge in [-0.25, -0.2) is 0 Å². The number of nitrogens with zero attached hydrogens (tertiary/aromatic N) is 1. The van der Waals surface area contributed by atoms with Crippen molar-refractivity contribution in [2.75, 3.05) is 13.2 Å². The number of carbonyl (C=O) groups excluding carboxylic acids is 1. The third kappa shape index (κ3) is 3.67. The van der Waals surface area contributed by atoms with E-state index in [0.717, 1.165) is 24.8 Å². The maximum Gasteiger partial charge on any atom is 0.226 e. The minimum absolute atomic E-state index is 0.0124. The van der Waals surface area contributed by atoms with E-state index in [-0.39, 0.29) is 36.0 Å². The van der Waals surface area contributed by atoms with Gasteiger partial charge in [0, 0.05) is 12.5 Å². The van der Waals surface area contributed by atoms with Gasteiger partial charge in [0.05, 0.1) is 12.6 Å². The van der Waals surface area contributed by atoms with Gasteiger partial charge >= 0.3 is 0 Å². The van der Waals surface area contributed by atoms with Gasteiger partial charge in [0.2, 0.25) is 5.91 Å². The van der Waals surface area contributed by atoms with Crippen molar-refractivity contribution in [2.24, 2.45) is 5.92 Å². The summed E-state index contributed by atoms with van der Waals surface area (Å²) in [7, 11) is 0. The maximum absolute atomic E-state index is 12.5. The summed E-state index contributed by atoms with van der Waals surface area (Å²) in [6.45, 7) is 2.57. The number of carbonyl (C=O) groups is 1. The number of aromatic hydroxyl groups is 2. The summed E-state index contributed by atoms with van der Waals surface area (Å²) in [5, 5.41) is 28.2. The lowest BCUT2D eigenvalue weighted by molar-refractivity contribution is -0.139. The molecule has 21 heavy (non-hydrogen) atoms. The van der Waals surface area contributed by atoms with Crippen LogP contribution in [0, 0.1) is 5.92 Å². The molecule has 1 fully saturated rings. The maximum atomic E-state index is 12.5. The molecule has 0 aliphatic carbocycles. The minimum atomic E-state index is -0.221. The molecular weight excluding hydrogens is 270 g/mol. The molecular formula is C16H23NO4. The van der Waals surface area contributed by atoms with Gasteiger partial charge in [-0.2, -0.15) is 0 Å². The van der Waals surface area contributed by atoms with E-state index in [9.17, 15) is 20.1 Å². The zero-order valence-electron chi connectivity index (χ0n) is 12.3. The highest BCUT2D eigenvalue weighted by Crippen LogP contribution is 2.27. The summed E-state index contributed by atoms with van der Waals surface area (Å²) < 4.78 is 0. The SMILES string of the molecule is CC(Cc1ccc(O)c(O)c1)C(=O)N1CCCCC1CO. The Labute approximate surface area is 124 Å². The average molecular weight is 293 g/mol. The third-order valence-corrected chi connectivity index (χ3v) is 4.12. The van der Waals surface area contributed by atoms with Crippen molar-refractivity contribution in [3.8, 4) is 11.5 Å². The monoisotopic (exact) mass is 293 g/mol. The average Bonchev–Trinajstić information content (AvgIpc) is 2.50. The lowest BCUT2D eigenvalue weighted by atomic mass is 9.96. The number of hydrogen-bond acceptors (Lipinski definition) is 4. The predicted octanol–water partition coefficient (Wildman–Crippen LogP) is 1.65. The fraction of sp³-hybridized carbons (Fsp3) is 0.562. The van der Waals surface area contributed by atoms with Gasteiger partial charge < -0.3 is 20.2 Å². The molecule has 0 radical (unpaired) electrons. The van der Waals surface area contributed by atoms with Crippen LogP contribution in [0.3, 0.4) is 0 Å². The van der Waals surface area contributed by atoms with E-state index in [1.807, 2.05) is 6.92 Å². The third-order valence-electron chi connectivity index (χ3n) is 4.12. The van der Waals surface area contributed by atoms with E-state index in [0.29, 0.717) is 13.0 Å². The Balaban J connectivity index is 2.02. The van der Waals surface area contributed by atoms with Gasteiger partial charge in [-0.05, 0) is 43.4 Å². The standard InChI is InChI=1S/C16H23NO4/c1-11(8-12-5-6-14(19)15(20)9-12)16(21)17-7-3-2-4-13(17)10-18/h5-6,9,11,13,18-20H,2-4,7-8,10H2,1H3. The van der Waals surface area contributed by atoms with Crippen LogP contribution in [0.25, 0.3) is 0 Å². The van der Waals surface area contributed by atoms with Gasteiger partial charge in [-0.15, -0.1) is 0 Å². The largest absolute Gasteiger partial charge is 0.504 e. The van der Waals surface area contributed by atoms with Crippen LogP contribution in [0.5, 0.6) is 11.5 Å². The molecule has 1 saturated heterocycles. The van der Waals surface area contributed by atoms with Gasteiger partial charge in [0.25, 0.3) is 0 Å². The van der Waals surface area contributed by atoms with Crippen molar-refractivity contribution >= 4 is 5.91 Å². The molecule has 0 saturated carbocycles. The van der Waals surface area contributed by atoms with Crippen molar-refractivity contribution in [3.63, 3.8) is 0 Å². The number of amides is 1. The summed E-state index contributed by atoms with van der Waals surface area (Å²) >= 11 is 0. The Bertz CT molecular complexity index is 503. The van der Waals surface area contributed by atoms with Crippen molar-refractivity contribution in [2.45, 2.75) is 38.6 Å². The van der Waals surface area contributed by atoms with Crippen LogP contribution in [-0.2, 0) is 11.2 Å². The van der Waals surface area contributed by atoms with Crippen LogP contribution >= 0.6 is 0 Å². The first-order valence-corrected chi connectivity index (χ1v) is 7.45. The lowest BCUT2D eigenvalue weighted by Crippen LogP contribution is -2.48. The number of aliphatic hydroxyl groups is 1. The molecule has 5 heteroatoms. The quantitative estimate of drug-likeness (QED) is 0.737. The predicted molar refractivity (Wildman–Crippen MR) is 79.1 cm³/mol. The molecule has 1 heterocycles. The summed E-state index contributed by atoms with van der Waals surface area (Å²) in [4.78, 5) is 14.3. The fourth-order valence-electron chi connectivity index (χ4n) is 2.90. The zero-order valence-corrected chi connectivity index (χ0v) is 12.3. The summed E-state index contributed by atoms with van der Waals surface area (Å²) in [5.41, 5.74) is 0.809. The number of phenolic OH excluding ortho intramolecular Hbond substituents is 2. The number of rotatable bonds is 4. The van der Waals surface area contributed by atoms with Gasteiger partial charge in [0.1, 0.15) is 0 Å². The van der Waals surface area contributed by atoms with Crippen molar-refractivity contribution < 1.29 is 20.1 Å². The van der Waals surface area contributed by atoms with E-state index < -0.39 is 0 Å².